The van der Waals surface area contributed by atoms with E-state index in [1.807, 2.05) is 0 Å². The van der Waals surface area contributed by atoms with Crippen molar-refractivity contribution in [1.29, 1.82) is 0 Å². The zero-order valence-electron chi connectivity index (χ0n) is 19.4. The van der Waals surface area contributed by atoms with Crippen molar-refractivity contribution in [3.63, 3.8) is 0 Å². The highest BCUT2D eigenvalue weighted by Crippen LogP contribution is 2.48. The van der Waals surface area contributed by atoms with Crippen LogP contribution in [-0.4, -0.2) is 64.8 Å². The van der Waals surface area contributed by atoms with Crippen molar-refractivity contribution >= 4 is 17.7 Å². The second kappa shape index (κ2) is 8.98. The Bertz CT molecular complexity index is 1060. The Hall–Kier alpha value is -2.85. The molecule has 35 heavy (non-hydrogen) atoms. The second-order valence-corrected chi connectivity index (χ2v) is 10.3. The molecule has 2 bridgehead atoms. The van der Waals surface area contributed by atoms with E-state index in [1.165, 1.54) is 6.26 Å². The molecule has 1 aromatic heterocycles. The van der Waals surface area contributed by atoms with E-state index >= 15 is 0 Å². The Morgan fingerprint density at radius 1 is 1.20 bits per heavy atom. The fraction of sp³-hybridized carbons (Fsp3) is 0.560. The number of aliphatic hydroxyl groups is 1. The summed E-state index contributed by atoms with van der Waals surface area (Å²) in [7, 11) is 0. The summed E-state index contributed by atoms with van der Waals surface area (Å²) < 4.78 is 39.3. The van der Waals surface area contributed by atoms with Gasteiger partial charge < -0.3 is 24.2 Å². The van der Waals surface area contributed by atoms with Crippen LogP contribution in [0.15, 0.2) is 47.2 Å². The number of benzene rings is 1. The third kappa shape index (κ3) is 4.69. The van der Waals surface area contributed by atoms with E-state index < -0.39 is 35.9 Å². The molecule has 188 valence electrons. The molecule has 4 fully saturated rings. The first-order valence-corrected chi connectivity index (χ1v) is 12.1. The van der Waals surface area contributed by atoms with Crippen molar-refractivity contribution in [3.05, 3.63) is 48.2 Å². The number of aromatic nitrogens is 1. The molecule has 8 nitrogen and oxygen atoms in total. The maximum absolute atomic E-state index is 14.1. The summed E-state index contributed by atoms with van der Waals surface area (Å²) in [5, 5.41) is 18.1. The van der Waals surface area contributed by atoms with Gasteiger partial charge in [-0.05, 0) is 12.0 Å². The van der Waals surface area contributed by atoms with Gasteiger partial charge >= 0.3 is 5.97 Å². The molecule has 2 unspecified atom stereocenters. The van der Waals surface area contributed by atoms with Gasteiger partial charge in [0.15, 0.2) is 24.1 Å². The van der Waals surface area contributed by atoms with Crippen molar-refractivity contribution in [2.45, 2.75) is 49.7 Å². The predicted octanol–water partition coefficient (Wildman–Crippen LogP) is 3.09. The molecule has 1 aliphatic carbocycles. The smallest absolute Gasteiger partial charge is 0.343 e. The number of nitrogens with zero attached hydrogens (tertiary/aromatic N) is 2. The molecule has 6 rings (SSSR count). The van der Waals surface area contributed by atoms with Crippen molar-refractivity contribution in [3.8, 4) is 0 Å². The Morgan fingerprint density at radius 2 is 1.94 bits per heavy atom. The summed E-state index contributed by atoms with van der Waals surface area (Å²) in [6, 6.07) is 9.80. The monoisotopic (exact) mass is 490 g/mol. The number of nitrogens with one attached hydrogen (secondary N) is 1. The number of amides is 1. The molecule has 1 aromatic carbocycles. The van der Waals surface area contributed by atoms with Crippen LogP contribution in [0.1, 0.15) is 37.7 Å². The molecule has 3 aliphatic heterocycles. The maximum Gasteiger partial charge on any atom is 0.343 e. The van der Waals surface area contributed by atoms with Gasteiger partial charge in [-0.1, -0.05) is 35.5 Å². The number of fused-ring (bicyclic) bond motifs is 3. The summed E-state index contributed by atoms with van der Waals surface area (Å²) in [6.45, 7) is 2.20. The largest absolute Gasteiger partial charge is 0.454 e. The SMILES string of the molecule is O=C(C[N+]12CCC(CC1)C(OC(=O)[C@](O)(c1ccccc1)C1CCC(F)(F)C1)C2)Nc1ccon1. The fourth-order valence-electron chi connectivity index (χ4n) is 6.09. The highest BCUT2D eigenvalue weighted by atomic mass is 19.3. The zero-order chi connectivity index (χ0) is 24.7. The molecule has 3 atom stereocenters. The Balaban J connectivity index is 1.32. The van der Waals surface area contributed by atoms with Crippen LogP contribution in [0.5, 0.6) is 0 Å². The minimum absolute atomic E-state index is 0.0316. The maximum atomic E-state index is 14.1. The Labute approximate surface area is 201 Å². The van der Waals surface area contributed by atoms with Crippen LogP contribution >= 0.6 is 0 Å². The van der Waals surface area contributed by atoms with Gasteiger partial charge in [0.1, 0.15) is 12.8 Å². The number of piperidine rings is 3. The molecule has 2 aromatic rings. The molecule has 4 aliphatic rings. The lowest BCUT2D eigenvalue weighted by Gasteiger charge is -2.51. The van der Waals surface area contributed by atoms with E-state index in [-0.39, 0.29) is 36.8 Å². The molecule has 4 heterocycles. The van der Waals surface area contributed by atoms with E-state index in [0.29, 0.717) is 16.8 Å². The van der Waals surface area contributed by atoms with Crippen LogP contribution in [0.4, 0.5) is 14.6 Å². The second-order valence-electron chi connectivity index (χ2n) is 10.3. The van der Waals surface area contributed by atoms with Gasteiger partial charge in [-0.2, -0.15) is 0 Å². The molecule has 0 spiro atoms. The molecule has 1 amide bonds. The molecule has 2 N–H and O–H groups in total. The van der Waals surface area contributed by atoms with Gasteiger partial charge in [-0.3, -0.25) is 4.79 Å². The zero-order valence-corrected chi connectivity index (χ0v) is 19.4. The van der Waals surface area contributed by atoms with Crippen molar-refractivity contribution in [2.75, 3.05) is 31.5 Å². The molecule has 10 heteroatoms. The third-order valence-electron chi connectivity index (χ3n) is 8.00. The van der Waals surface area contributed by atoms with E-state index in [4.69, 9.17) is 9.26 Å². The van der Waals surface area contributed by atoms with Crippen LogP contribution in [0.3, 0.4) is 0 Å². The minimum Gasteiger partial charge on any atom is -0.454 e. The lowest BCUT2D eigenvalue weighted by atomic mass is 9.79. The fourth-order valence-corrected chi connectivity index (χ4v) is 6.09. The van der Waals surface area contributed by atoms with E-state index in [0.717, 1.165) is 25.9 Å². The average molecular weight is 491 g/mol. The highest BCUT2D eigenvalue weighted by Gasteiger charge is 2.56. The molecular weight excluding hydrogens is 460 g/mol. The number of alkyl halides is 2. The number of esters is 1. The first kappa shape index (κ1) is 23.9. The van der Waals surface area contributed by atoms with Crippen LogP contribution in [-0.2, 0) is 19.9 Å². The Morgan fingerprint density at radius 3 is 2.57 bits per heavy atom. The van der Waals surface area contributed by atoms with E-state index in [9.17, 15) is 23.5 Å². The quantitative estimate of drug-likeness (QED) is 0.457. The van der Waals surface area contributed by atoms with Crippen LogP contribution in [0.2, 0.25) is 0 Å². The van der Waals surface area contributed by atoms with Gasteiger partial charge in [0.25, 0.3) is 5.91 Å². The average Bonchev–Trinajstić information content (AvgIpc) is 3.48. The lowest BCUT2D eigenvalue weighted by molar-refractivity contribution is -0.939. The number of ether oxygens (including phenoxy) is 1. The summed E-state index contributed by atoms with van der Waals surface area (Å²) in [5.74, 6) is -4.50. The molecule has 1 saturated carbocycles. The molecular formula is C25H30F2N3O5+. The summed E-state index contributed by atoms with van der Waals surface area (Å²) in [6.07, 6.45) is 1.53. The van der Waals surface area contributed by atoms with Crippen LogP contribution in [0.25, 0.3) is 0 Å². The van der Waals surface area contributed by atoms with Crippen molar-refractivity contribution < 1.29 is 37.2 Å². The minimum atomic E-state index is -2.92. The standard InChI is InChI=1S/C25H29F2N3O5/c26-24(27)10-6-19(14-24)25(33,18-4-2-1-3-5-18)23(32)35-20-15-30(11-7-17(20)8-12-30)16-22(31)28-21-9-13-34-29-21/h1-5,9,13,17,19-20,33H,6-8,10-12,14-16H2/p+1/t17?,19?,20?,25-,30?/m0/s1. The van der Waals surface area contributed by atoms with E-state index in [2.05, 4.69) is 10.5 Å². The normalized spacial score (nSPS) is 31.0. The number of carbonyl (C=O) groups is 2. The van der Waals surface area contributed by atoms with Crippen molar-refractivity contribution in [1.82, 2.24) is 5.16 Å². The summed E-state index contributed by atoms with van der Waals surface area (Å²) in [5.41, 5.74) is -1.88. The first-order valence-electron chi connectivity index (χ1n) is 12.1. The summed E-state index contributed by atoms with van der Waals surface area (Å²) in [4.78, 5) is 26.2. The van der Waals surface area contributed by atoms with Gasteiger partial charge in [0, 0.05) is 43.6 Å². The van der Waals surface area contributed by atoms with Gasteiger partial charge in [0.2, 0.25) is 5.92 Å². The first-order chi connectivity index (χ1) is 16.7. The number of anilines is 1. The van der Waals surface area contributed by atoms with Crippen LogP contribution < -0.4 is 5.32 Å². The topological polar surface area (TPSA) is 102 Å². The number of hydrogen-bond acceptors (Lipinski definition) is 6. The number of carbonyl (C=O) groups excluding carboxylic acids is 2. The summed E-state index contributed by atoms with van der Waals surface area (Å²) >= 11 is 0. The molecule has 3 saturated heterocycles. The van der Waals surface area contributed by atoms with Gasteiger partial charge in [0.05, 0.1) is 13.1 Å². The van der Waals surface area contributed by atoms with Gasteiger partial charge in [-0.15, -0.1) is 0 Å². The number of hydrogen-bond donors (Lipinski definition) is 2. The van der Waals surface area contributed by atoms with E-state index in [1.54, 1.807) is 36.4 Å². The third-order valence-corrected chi connectivity index (χ3v) is 8.00. The van der Waals surface area contributed by atoms with Crippen LogP contribution in [0, 0.1) is 11.8 Å². The van der Waals surface area contributed by atoms with Crippen molar-refractivity contribution in [2.24, 2.45) is 11.8 Å². The highest BCUT2D eigenvalue weighted by molar-refractivity contribution is 5.90. The number of rotatable bonds is 7. The molecule has 0 radical (unpaired) electrons. The predicted molar refractivity (Wildman–Crippen MR) is 120 cm³/mol. The number of halogens is 2. The lowest BCUT2D eigenvalue weighted by Crippen LogP contribution is -2.66. The Kier molecular flexibility index (Phi) is 6.13. The number of quaternary nitrogens is 1. The van der Waals surface area contributed by atoms with Gasteiger partial charge in [-0.25, -0.2) is 13.6 Å².